The molecule has 5 nitrogen and oxygen atoms in total. The first-order valence-corrected chi connectivity index (χ1v) is 6.86. The Morgan fingerprint density at radius 3 is 2.95 bits per heavy atom. The van der Waals surface area contributed by atoms with Crippen LogP contribution in [0, 0.1) is 0 Å². The molecule has 2 N–H and O–H groups in total. The summed E-state index contributed by atoms with van der Waals surface area (Å²) in [6.45, 7) is 2.30. The van der Waals surface area contributed by atoms with E-state index in [0.29, 0.717) is 11.6 Å². The molecule has 2 aliphatic rings. The fourth-order valence-corrected chi connectivity index (χ4v) is 2.86. The number of nitrogen functional groups attached to an aromatic ring is 1. The van der Waals surface area contributed by atoms with Crippen LogP contribution in [0.2, 0.25) is 0 Å². The maximum absolute atomic E-state index is 6.01. The normalized spacial score (nSPS) is 26.2. The first kappa shape index (κ1) is 12.7. The summed E-state index contributed by atoms with van der Waals surface area (Å²) in [5.74, 6) is 1.13. The van der Waals surface area contributed by atoms with Crippen LogP contribution in [-0.2, 0) is 9.47 Å². The molecule has 2 fully saturated rings. The molecule has 1 spiro atoms. The van der Waals surface area contributed by atoms with Crippen molar-refractivity contribution in [2.75, 3.05) is 25.6 Å². The quantitative estimate of drug-likeness (QED) is 0.881. The molecule has 0 amide bonds. The number of hydrogen-bond acceptors (Lipinski definition) is 5. The summed E-state index contributed by atoms with van der Waals surface area (Å²) < 4.78 is 17.4. The van der Waals surface area contributed by atoms with Crippen LogP contribution in [0.3, 0.4) is 0 Å². The van der Waals surface area contributed by atoms with Gasteiger partial charge in [0.15, 0.2) is 11.6 Å². The molecule has 1 aromatic rings. The second-order valence-electron chi connectivity index (χ2n) is 5.26. The highest BCUT2D eigenvalue weighted by Gasteiger charge is 2.40. The number of ether oxygens (including phenoxy) is 3. The zero-order chi connectivity index (χ0) is 13.1. The summed E-state index contributed by atoms with van der Waals surface area (Å²) in [7, 11) is 0. The average molecular weight is 264 g/mol. The SMILES string of the molecule is Nc1ncccc1OC1CCOC2(CCOCC2)C1. The first-order valence-electron chi connectivity index (χ1n) is 6.86. The molecule has 2 saturated heterocycles. The Bertz CT molecular complexity index is 427. The molecule has 1 aromatic heterocycles. The van der Waals surface area contributed by atoms with Gasteiger partial charge in [-0.25, -0.2) is 4.98 Å². The molecule has 1 atom stereocenters. The fraction of sp³-hybridized carbons (Fsp3) is 0.643. The van der Waals surface area contributed by atoms with Crippen LogP contribution in [0.1, 0.15) is 25.7 Å². The van der Waals surface area contributed by atoms with Gasteiger partial charge in [0.1, 0.15) is 6.10 Å². The van der Waals surface area contributed by atoms with Crippen molar-refractivity contribution in [2.45, 2.75) is 37.4 Å². The van der Waals surface area contributed by atoms with Crippen LogP contribution >= 0.6 is 0 Å². The van der Waals surface area contributed by atoms with E-state index in [0.717, 1.165) is 45.5 Å². The van der Waals surface area contributed by atoms with Gasteiger partial charge in [-0.3, -0.25) is 0 Å². The maximum Gasteiger partial charge on any atom is 0.166 e. The number of nitrogens with zero attached hydrogens (tertiary/aromatic N) is 1. The smallest absolute Gasteiger partial charge is 0.166 e. The molecule has 5 heteroatoms. The van der Waals surface area contributed by atoms with Crippen LogP contribution < -0.4 is 10.5 Å². The van der Waals surface area contributed by atoms with Crippen LogP contribution in [0.15, 0.2) is 18.3 Å². The van der Waals surface area contributed by atoms with Crippen molar-refractivity contribution in [1.82, 2.24) is 4.98 Å². The zero-order valence-corrected chi connectivity index (χ0v) is 11.0. The van der Waals surface area contributed by atoms with E-state index in [9.17, 15) is 0 Å². The lowest BCUT2D eigenvalue weighted by Gasteiger charge is -2.43. The third-order valence-corrected chi connectivity index (χ3v) is 3.95. The molecule has 1 unspecified atom stereocenters. The molecule has 0 radical (unpaired) electrons. The van der Waals surface area contributed by atoms with Gasteiger partial charge in [0.05, 0.1) is 12.2 Å². The molecule has 0 saturated carbocycles. The van der Waals surface area contributed by atoms with Crippen LogP contribution in [0.5, 0.6) is 5.75 Å². The van der Waals surface area contributed by atoms with Gasteiger partial charge in [0.2, 0.25) is 0 Å². The third kappa shape index (κ3) is 2.82. The molecule has 2 aliphatic heterocycles. The standard InChI is InChI=1S/C14H20N2O3/c15-13-12(2-1-6-16-13)19-11-3-7-18-14(10-11)4-8-17-9-5-14/h1-2,6,11H,3-5,7-10H2,(H2,15,16). The molecule has 0 bridgehead atoms. The maximum atomic E-state index is 6.01. The van der Waals surface area contributed by atoms with Crippen LogP contribution in [0.4, 0.5) is 5.82 Å². The number of aromatic nitrogens is 1. The largest absolute Gasteiger partial charge is 0.486 e. The van der Waals surface area contributed by atoms with Gasteiger partial charge in [0, 0.05) is 32.3 Å². The van der Waals surface area contributed by atoms with Gasteiger partial charge in [0.25, 0.3) is 0 Å². The van der Waals surface area contributed by atoms with E-state index in [2.05, 4.69) is 4.98 Å². The van der Waals surface area contributed by atoms with Crippen molar-refractivity contribution in [1.29, 1.82) is 0 Å². The van der Waals surface area contributed by atoms with Crippen molar-refractivity contribution in [2.24, 2.45) is 0 Å². The van der Waals surface area contributed by atoms with Crippen LogP contribution in [0.25, 0.3) is 0 Å². The van der Waals surface area contributed by atoms with Gasteiger partial charge in [-0.1, -0.05) is 0 Å². The summed E-state index contributed by atoms with van der Waals surface area (Å²) in [6, 6.07) is 3.71. The molecular formula is C14H20N2O3. The van der Waals surface area contributed by atoms with Gasteiger partial charge in [-0.05, 0) is 25.0 Å². The van der Waals surface area contributed by atoms with E-state index >= 15 is 0 Å². The summed E-state index contributed by atoms with van der Waals surface area (Å²) in [5, 5.41) is 0. The van der Waals surface area contributed by atoms with Gasteiger partial charge < -0.3 is 19.9 Å². The third-order valence-electron chi connectivity index (χ3n) is 3.95. The molecule has 3 rings (SSSR count). The summed E-state index contributed by atoms with van der Waals surface area (Å²) in [6.07, 6.45) is 5.54. The number of pyridine rings is 1. The fourth-order valence-electron chi connectivity index (χ4n) is 2.86. The van der Waals surface area contributed by atoms with E-state index in [4.69, 9.17) is 19.9 Å². The van der Waals surface area contributed by atoms with Crippen LogP contribution in [-0.4, -0.2) is 36.5 Å². The van der Waals surface area contributed by atoms with E-state index in [1.165, 1.54) is 0 Å². The van der Waals surface area contributed by atoms with E-state index < -0.39 is 0 Å². The minimum absolute atomic E-state index is 0.0574. The Labute approximate surface area is 113 Å². The highest BCUT2D eigenvalue weighted by Crippen LogP contribution is 2.36. The van der Waals surface area contributed by atoms with Crippen molar-refractivity contribution >= 4 is 5.82 Å². The first-order chi connectivity index (χ1) is 9.27. The number of anilines is 1. The lowest BCUT2D eigenvalue weighted by Crippen LogP contribution is -2.47. The summed E-state index contributed by atoms with van der Waals surface area (Å²) >= 11 is 0. The molecule has 0 aromatic carbocycles. The highest BCUT2D eigenvalue weighted by molar-refractivity contribution is 5.44. The average Bonchev–Trinajstić information content (AvgIpc) is 2.42. The van der Waals surface area contributed by atoms with Gasteiger partial charge in [-0.2, -0.15) is 0 Å². The lowest BCUT2D eigenvalue weighted by molar-refractivity contribution is -0.155. The highest BCUT2D eigenvalue weighted by atomic mass is 16.5. The number of nitrogens with two attached hydrogens (primary N) is 1. The van der Waals surface area contributed by atoms with Crippen molar-refractivity contribution in [3.05, 3.63) is 18.3 Å². The van der Waals surface area contributed by atoms with E-state index in [1.54, 1.807) is 6.20 Å². The minimum atomic E-state index is -0.0574. The van der Waals surface area contributed by atoms with E-state index in [1.807, 2.05) is 12.1 Å². The Hall–Kier alpha value is -1.33. The predicted molar refractivity (Wildman–Crippen MR) is 71.0 cm³/mol. The van der Waals surface area contributed by atoms with Crippen molar-refractivity contribution in [3.8, 4) is 5.75 Å². The predicted octanol–water partition coefficient (Wildman–Crippen LogP) is 1.77. The summed E-state index contributed by atoms with van der Waals surface area (Å²) in [4.78, 5) is 4.05. The topological polar surface area (TPSA) is 66.6 Å². The Morgan fingerprint density at radius 2 is 2.16 bits per heavy atom. The monoisotopic (exact) mass is 264 g/mol. The lowest BCUT2D eigenvalue weighted by atomic mass is 9.85. The van der Waals surface area contributed by atoms with Crippen molar-refractivity contribution in [3.63, 3.8) is 0 Å². The van der Waals surface area contributed by atoms with E-state index in [-0.39, 0.29) is 11.7 Å². The second-order valence-corrected chi connectivity index (χ2v) is 5.26. The summed E-state index contributed by atoms with van der Waals surface area (Å²) in [5.41, 5.74) is 5.76. The molecular weight excluding hydrogens is 244 g/mol. The van der Waals surface area contributed by atoms with Crippen molar-refractivity contribution < 1.29 is 14.2 Å². The Balaban J connectivity index is 1.67. The molecule has 0 aliphatic carbocycles. The van der Waals surface area contributed by atoms with Gasteiger partial charge >= 0.3 is 0 Å². The number of rotatable bonds is 2. The van der Waals surface area contributed by atoms with Gasteiger partial charge in [-0.15, -0.1) is 0 Å². The minimum Gasteiger partial charge on any atom is -0.486 e. The molecule has 3 heterocycles. The molecule has 19 heavy (non-hydrogen) atoms. The Kier molecular flexibility index (Phi) is 3.57. The molecule has 104 valence electrons. The zero-order valence-electron chi connectivity index (χ0n) is 11.0. The second kappa shape index (κ2) is 5.35. The Morgan fingerprint density at radius 1 is 1.32 bits per heavy atom. The number of hydrogen-bond donors (Lipinski definition) is 1.